The first-order valence-electron chi connectivity index (χ1n) is 7.70. The van der Waals surface area contributed by atoms with Crippen LogP contribution in [-0.4, -0.2) is 40.8 Å². The van der Waals surface area contributed by atoms with Crippen LogP contribution in [0.2, 0.25) is 0 Å². The fourth-order valence-corrected chi connectivity index (χ4v) is 2.05. The largest absolute Gasteiger partial charge is 0.444 e. The number of hydrogen-bond donors (Lipinski definition) is 1. The van der Waals surface area contributed by atoms with Gasteiger partial charge in [-0.05, 0) is 46.8 Å². The maximum absolute atomic E-state index is 12.0. The van der Waals surface area contributed by atoms with Crippen molar-refractivity contribution < 1.29 is 9.53 Å². The predicted octanol–water partition coefficient (Wildman–Crippen LogP) is 2.85. The summed E-state index contributed by atoms with van der Waals surface area (Å²) in [6, 6.07) is 4.17. The van der Waals surface area contributed by atoms with Gasteiger partial charge in [0, 0.05) is 44.6 Å². The molecule has 1 amide bonds. The van der Waals surface area contributed by atoms with Gasteiger partial charge in [0.15, 0.2) is 0 Å². The quantitative estimate of drug-likeness (QED) is 0.787. The van der Waals surface area contributed by atoms with Crippen molar-refractivity contribution >= 4 is 6.09 Å². The number of amides is 1. The summed E-state index contributed by atoms with van der Waals surface area (Å²) in [5.74, 6) is 0. The van der Waals surface area contributed by atoms with Crippen LogP contribution in [-0.2, 0) is 17.8 Å². The van der Waals surface area contributed by atoms with E-state index in [0.29, 0.717) is 13.1 Å². The third kappa shape index (κ3) is 6.21. The topological polar surface area (TPSA) is 46.5 Å². The van der Waals surface area contributed by atoms with Crippen LogP contribution >= 0.6 is 0 Å². The lowest BCUT2D eigenvalue weighted by atomic mass is 10.2. The van der Waals surface area contributed by atoms with Gasteiger partial charge in [0.2, 0.25) is 0 Å². The molecule has 0 radical (unpaired) electrons. The highest BCUT2D eigenvalue weighted by Crippen LogP contribution is 2.09. The summed E-state index contributed by atoms with van der Waals surface area (Å²) in [5.41, 5.74) is 0.817. The highest BCUT2D eigenvalue weighted by molar-refractivity contribution is 5.68. The Bertz CT molecular complexity index is 435. The summed E-state index contributed by atoms with van der Waals surface area (Å²) in [6.45, 7) is 13.6. The minimum atomic E-state index is -0.445. The summed E-state index contributed by atoms with van der Waals surface area (Å²) < 4.78 is 7.59. The molecule has 0 aromatic carbocycles. The Morgan fingerprint density at radius 1 is 1.38 bits per heavy atom. The van der Waals surface area contributed by atoms with Gasteiger partial charge in [-0.1, -0.05) is 0 Å². The van der Waals surface area contributed by atoms with Crippen molar-refractivity contribution in [2.24, 2.45) is 0 Å². The van der Waals surface area contributed by atoms with E-state index in [1.165, 1.54) is 5.69 Å². The Kier molecular flexibility index (Phi) is 6.75. The zero-order chi connectivity index (χ0) is 15.9. The van der Waals surface area contributed by atoms with Crippen molar-refractivity contribution in [2.45, 2.75) is 53.3 Å². The van der Waals surface area contributed by atoms with E-state index in [1.54, 1.807) is 4.90 Å². The van der Waals surface area contributed by atoms with Crippen LogP contribution in [0.5, 0.6) is 0 Å². The Morgan fingerprint density at radius 2 is 2.10 bits per heavy atom. The highest BCUT2D eigenvalue weighted by atomic mass is 16.6. The third-order valence-electron chi connectivity index (χ3n) is 3.16. The van der Waals surface area contributed by atoms with Crippen molar-refractivity contribution in [1.29, 1.82) is 0 Å². The number of likely N-dealkylation sites (N-methyl/N-ethyl adjacent to an activating group) is 1. The molecule has 0 fully saturated rings. The number of carbonyl (C=O) groups is 1. The van der Waals surface area contributed by atoms with Crippen molar-refractivity contribution in [3.63, 3.8) is 0 Å². The standard InChI is InChI=1S/C16H29N3O2/c1-6-18-11-8-9-14(18)13-17-10-12-19(7-2)15(20)21-16(3,4)5/h8-9,11,17H,6-7,10,12-13H2,1-5H3. The van der Waals surface area contributed by atoms with Gasteiger partial charge in [0.05, 0.1) is 0 Å². The first-order valence-corrected chi connectivity index (χ1v) is 7.70. The minimum absolute atomic E-state index is 0.247. The number of rotatable bonds is 7. The Morgan fingerprint density at radius 3 is 2.67 bits per heavy atom. The normalized spacial score (nSPS) is 11.5. The number of nitrogens with zero attached hydrogens (tertiary/aromatic N) is 2. The number of aryl methyl sites for hydroxylation is 1. The lowest BCUT2D eigenvalue weighted by molar-refractivity contribution is 0.0262. The zero-order valence-corrected chi connectivity index (χ0v) is 14.0. The van der Waals surface area contributed by atoms with E-state index in [4.69, 9.17) is 4.74 Å². The molecule has 0 spiro atoms. The molecule has 0 unspecified atom stereocenters. The maximum atomic E-state index is 12.0. The second kappa shape index (κ2) is 8.08. The van der Waals surface area contributed by atoms with Crippen LogP contribution in [0, 0.1) is 0 Å². The SMILES string of the molecule is CCN(CCNCc1cccn1CC)C(=O)OC(C)(C)C. The average Bonchev–Trinajstić information content (AvgIpc) is 2.84. The van der Waals surface area contributed by atoms with Crippen LogP contribution in [0.4, 0.5) is 4.79 Å². The van der Waals surface area contributed by atoms with Gasteiger partial charge in [-0.3, -0.25) is 0 Å². The Labute approximate surface area is 128 Å². The second-order valence-corrected chi connectivity index (χ2v) is 6.02. The van der Waals surface area contributed by atoms with E-state index in [0.717, 1.165) is 19.6 Å². The highest BCUT2D eigenvalue weighted by Gasteiger charge is 2.20. The number of ether oxygens (including phenoxy) is 1. The molecule has 1 aromatic heterocycles. The van der Waals surface area contributed by atoms with Gasteiger partial charge >= 0.3 is 6.09 Å². The smallest absolute Gasteiger partial charge is 0.410 e. The molecule has 21 heavy (non-hydrogen) atoms. The van der Waals surface area contributed by atoms with E-state index in [2.05, 4.69) is 35.1 Å². The molecule has 0 atom stereocenters. The monoisotopic (exact) mass is 295 g/mol. The first kappa shape index (κ1) is 17.6. The minimum Gasteiger partial charge on any atom is -0.444 e. The molecule has 1 aromatic rings. The molecule has 0 aliphatic rings. The van der Waals surface area contributed by atoms with Crippen LogP contribution in [0.15, 0.2) is 18.3 Å². The summed E-state index contributed by atoms with van der Waals surface area (Å²) in [5, 5.41) is 3.37. The summed E-state index contributed by atoms with van der Waals surface area (Å²) in [4.78, 5) is 13.7. The van der Waals surface area contributed by atoms with Gasteiger partial charge in [0.25, 0.3) is 0 Å². The molecule has 5 heteroatoms. The van der Waals surface area contributed by atoms with Crippen LogP contribution in [0.3, 0.4) is 0 Å². The van der Waals surface area contributed by atoms with E-state index in [9.17, 15) is 4.79 Å². The van der Waals surface area contributed by atoms with Crippen LogP contribution < -0.4 is 5.32 Å². The number of nitrogens with one attached hydrogen (secondary N) is 1. The Balaban J connectivity index is 2.34. The van der Waals surface area contributed by atoms with E-state index < -0.39 is 5.60 Å². The van der Waals surface area contributed by atoms with Crippen LogP contribution in [0.1, 0.15) is 40.3 Å². The fourth-order valence-electron chi connectivity index (χ4n) is 2.05. The molecule has 1 rings (SSSR count). The first-order chi connectivity index (χ1) is 9.87. The maximum Gasteiger partial charge on any atom is 0.410 e. The van der Waals surface area contributed by atoms with Gasteiger partial charge < -0.3 is 19.5 Å². The zero-order valence-electron chi connectivity index (χ0n) is 14.0. The van der Waals surface area contributed by atoms with Crippen molar-refractivity contribution in [3.05, 3.63) is 24.0 Å². The van der Waals surface area contributed by atoms with Crippen molar-refractivity contribution in [1.82, 2.24) is 14.8 Å². The molecule has 1 heterocycles. The van der Waals surface area contributed by atoms with E-state index in [1.807, 2.05) is 27.7 Å². The molecule has 0 saturated carbocycles. The predicted molar refractivity (Wildman–Crippen MR) is 85.3 cm³/mol. The molecule has 0 aliphatic carbocycles. The van der Waals surface area contributed by atoms with Gasteiger partial charge in [-0.25, -0.2) is 4.79 Å². The van der Waals surface area contributed by atoms with E-state index in [-0.39, 0.29) is 6.09 Å². The fraction of sp³-hybridized carbons (Fsp3) is 0.688. The molecule has 0 bridgehead atoms. The van der Waals surface area contributed by atoms with Gasteiger partial charge in [-0.2, -0.15) is 0 Å². The van der Waals surface area contributed by atoms with Crippen LogP contribution in [0.25, 0.3) is 0 Å². The average molecular weight is 295 g/mol. The summed E-state index contributed by atoms with van der Waals surface area (Å²) in [7, 11) is 0. The number of carbonyl (C=O) groups excluding carboxylic acids is 1. The van der Waals surface area contributed by atoms with E-state index >= 15 is 0 Å². The molecule has 120 valence electrons. The summed E-state index contributed by atoms with van der Waals surface area (Å²) >= 11 is 0. The Hall–Kier alpha value is -1.49. The third-order valence-corrected chi connectivity index (χ3v) is 3.16. The summed E-state index contributed by atoms with van der Waals surface area (Å²) in [6.07, 6.45) is 1.83. The molecule has 0 aliphatic heterocycles. The molecular weight excluding hydrogens is 266 g/mol. The molecule has 5 nitrogen and oxygen atoms in total. The van der Waals surface area contributed by atoms with Gasteiger partial charge in [-0.15, -0.1) is 0 Å². The number of hydrogen-bond acceptors (Lipinski definition) is 3. The molecule has 0 saturated heterocycles. The number of aromatic nitrogens is 1. The van der Waals surface area contributed by atoms with Crippen molar-refractivity contribution in [2.75, 3.05) is 19.6 Å². The lowest BCUT2D eigenvalue weighted by Gasteiger charge is -2.26. The molecular formula is C16H29N3O2. The van der Waals surface area contributed by atoms with Crippen molar-refractivity contribution in [3.8, 4) is 0 Å². The van der Waals surface area contributed by atoms with Gasteiger partial charge in [0.1, 0.15) is 5.60 Å². The lowest BCUT2D eigenvalue weighted by Crippen LogP contribution is -2.40. The molecule has 1 N–H and O–H groups in total. The second-order valence-electron chi connectivity index (χ2n) is 6.02.